The topological polar surface area (TPSA) is 108 Å². The molecule has 3 aromatic rings. The molecule has 0 bridgehead atoms. The molecule has 42 heavy (non-hydrogen) atoms. The Kier molecular flexibility index (Phi) is 11.4. The van der Waals surface area contributed by atoms with E-state index in [1.807, 2.05) is 29.7 Å². The second kappa shape index (κ2) is 15.4. The maximum atomic E-state index is 13.4. The summed E-state index contributed by atoms with van der Waals surface area (Å²) >= 11 is 0. The molecule has 0 aliphatic heterocycles. The van der Waals surface area contributed by atoms with Crippen LogP contribution in [0.15, 0.2) is 42.5 Å². The zero-order valence-corrected chi connectivity index (χ0v) is 25.0. The summed E-state index contributed by atoms with van der Waals surface area (Å²) in [6, 6.07) is 14.7. The maximum Gasteiger partial charge on any atom is 0.257 e. The van der Waals surface area contributed by atoms with Crippen LogP contribution in [-0.4, -0.2) is 52.6 Å². The number of fused-ring (bicyclic) bond motifs is 1. The summed E-state index contributed by atoms with van der Waals surface area (Å²) in [6.45, 7) is 4.46. The Balaban J connectivity index is 1.54. The smallest absolute Gasteiger partial charge is 0.257 e. The first-order chi connectivity index (χ1) is 20.4. The van der Waals surface area contributed by atoms with Crippen molar-refractivity contribution in [3.8, 4) is 6.07 Å². The number of nitriles is 1. The van der Waals surface area contributed by atoms with E-state index in [1.54, 1.807) is 24.3 Å². The van der Waals surface area contributed by atoms with Gasteiger partial charge in [0.2, 0.25) is 5.95 Å². The molecule has 1 fully saturated rings. The Labute approximate surface area is 249 Å². The number of anilines is 1. The Morgan fingerprint density at radius 2 is 1.79 bits per heavy atom. The molecule has 1 heterocycles. The monoisotopic (exact) mass is 569 g/mol. The summed E-state index contributed by atoms with van der Waals surface area (Å²) < 4.78 is 2.04. The highest BCUT2D eigenvalue weighted by Crippen LogP contribution is 2.31. The Bertz CT molecular complexity index is 1400. The van der Waals surface area contributed by atoms with Gasteiger partial charge in [-0.25, -0.2) is 4.98 Å². The summed E-state index contributed by atoms with van der Waals surface area (Å²) in [4.78, 5) is 44.2. The van der Waals surface area contributed by atoms with Crippen LogP contribution >= 0.6 is 0 Å². The molecule has 1 aromatic heterocycles. The van der Waals surface area contributed by atoms with Crippen molar-refractivity contribution in [1.82, 2.24) is 14.5 Å². The fourth-order valence-corrected chi connectivity index (χ4v) is 5.91. The molecule has 4 rings (SSSR count). The number of amides is 1. The number of unbranched alkanes of at least 4 members (excludes halogenated alkanes) is 2. The van der Waals surface area contributed by atoms with Gasteiger partial charge in [0.1, 0.15) is 12.1 Å². The van der Waals surface area contributed by atoms with E-state index < -0.39 is 0 Å². The van der Waals surface area contributed by atoms with Gasteiger partial charge in [0, 0.05) is 30.4 Å². The van der Waals surface area contributed by atoms with Crippen molar-refractivity contribution in [2.75, 3.05) is 25.5 Å². The molecule has 1 atom stereocenters. The minimum Gasteiger partial charge on any atom is -0.310 e. The molecule has 1 unspecified atom stereocenters. The largest absolute Gasteiger partial charge is 0.310 e. The van der Waals surface area contributed by atoms with Gasteiger partial charge in [-0.1, -0.05) is 38.7 Å². The van der Waals surface area contributed by atoms with Crippen LogP contribution in [0.25, 0.3) is 11.0 Å². The van der Waals surface area contributed by atoms with E-state index in [2.05, 4.69) is 23.3 Å². The normalized spacial score (nSPS) is 14.8. The number of benzene rings is 2. The number of ketones is 1. The fraction of sp³-hybridized carbons (Fsp3) is 0.500. The van der Waals surface area contributed by atoms with Crippen molar-refractivity contribution >= 4 is 35.0 Å². The van der Waals surface area contributed by atoms with E-state index in [-0.39, 0.29) is 17.7 Å². The minimum absolute atomic E-state index is 0.133. The third-order valence-corrected chi connectivity index (χ3v) is 8.49. The van der Waals surface area contributed by atoms with Crippen LogP contribution in [0.2, 0.25) is 0 Å². The lowest BCUT2D eigenvalue weighted by molar-refractivity contribution is -0.124. The molecule has 1 saturated carbocycles. The minimum atomic E-state index is -0.291. The number of rotatable bonds is 14. The van der Waals surface area contributed by atoms with Gasteiger partial charge in [0.15, 0.2) is 0 Å². The SMILES string of the molecule is CC(C(=O)C1CCCCCC1)c1ccc2c(c1)nc(NC(=O)c1ccc(C#N)cc1)n2CCCN(C)CCCCC=O. The van der Waals surface area contributed by atoms with E-state index >= 15 is 0 Å². The Hall–Kier alpha value is -3.83. The molecule has 1 amide bonds. The summed E-state index contributed by atoms with van der Waals surface area (Å²) in [5.41, 5.74) is 3.57. The predicted molar refractivity (Wildman–Crippen MR) is 165 cm³/mol. The highest BCUT2D eigenvalue weighted by molar-refractivity contribution is 6.04. The van der Waals surface area contributed by atoms with Gasteiger partial charge in [-0.15, -0.1) is 0 Å². The van der Waals surface area contributed by atoms with Gasteiger partial charge < -0.3 is 14.3 Å². The number of aldehydes is 1. The number of Topliss-reactive ketones (excluding diaryl/α,β-unsaturated/α-hetero) is 1. The second-order valence-corrected chi connectivity index (χ2v) is 11.6. The van der Waals surface area contributed by atoms with Crippen LogP contribution in [-0.2, 0) is 16.1 Å². The van der Waals surface area contributed by atoms with Crippen LogP contribution < -0.4 is 5.32 Å². The van der Waals surface area contributed by atoms with E-state index in [0.717, 1.165) is 80.9 Å². The van der Waals surface area contributed by atoms with Gasteiger partial charge in [-0.05, 0) is 94.2 Å². The molecule has 2 aromatic carbocycles. The van der Waals surface area contributed by atoms with Crippen molar-refractivity contribution in [2.45, 2.75) is 83.6 Å². The van der Waals surface area contributed by atoms with Crippen LogP contribution in [0.1, 0.15) is 98.5 Å². The number of nitrogens with zero attached hydrogens (tertiary/aromatic N) is 4. The number of carbonyl (C=O) groups excluding carboxylic acids is 3. The van der Waals surface area contributed by atoms with Gasteiger partial charge in [-0.3, -0.25) is 14.9 Å². The Morgan fingerprint density at radius 1 is 1.07 bits per heavy atom. The third kappa shape index (κ3) is 8.13. The first kappa shape index (κ1) is 31.1. The van der Waals surface area contributed by atoms with Crippen molar-refractivity contribution in [2.24, 2.45) is 5.92 Å². The summed E-state index contributed by atoms with van der Waals surface area (Å²) in [5.74, 6) is 0.426. The molecule has 1 aliphatic carbocycles. The van der Waals surface area contributed by atoms with Gasteiger partial charge >= 0.3 is 0 Å². The van der Waals surface area contributed by atoms with Crippen LogP contribution in [0, 0.1) is 17.2 Å². The number of aromatic nitrogens is 2. The van der Waals surface area contributed by atoms with Crippen LogP contribution in [0.4, 0.5) is 5.95 Å². The van der Waals surface area contributed by atoms with E-state index in [9.17, 15) is 14.4 Å². The highest BCUT2D eigenvalue weighted by atomic mass is 16.2. The van der Waals surface area contributed by atoms with Gasteiger partial charge in [0.05, 0.1) is 22.7 Å². The number of hydrogen-bond donors (Lipinski definition) is 1. The Morgan fingerprint density at radius 3 is 2.48 bits per heavy atom. The molecule has 0 radical (unpaired) electrons. The predicted octanol–water partition coefficient (Wildman–Crippen LogP) is 6.49. The highest BCUT2D eigenvalue weighted by Gasteiger charge is 2.26. The second-order valence-electron chi connectivity index (χ2n) is 11.6. The summed E-state index contributed by atoms with van der Waals surface area (Å²) in [6.07, 6.45) is 11.0. The number of hydrogen-bond acceptors (Lipinski definition) is 6. The maximum absolute atomic E-state index is 13.4. The lowest BCUT2D eigenvalue weighted by Gasteiger charge is -2.19. The van der Waals surface area contributed by atoms with Crippen molar-refractivity contribution < 1.29 is 14.4 Å². The van der Waals surface area contributed by atoms with Gasteiger partial charge in [0.25, 0.3) is 5.91 Å². The van der Waals surface area contributed by atoms with E-state index in [4.69, 9.17) is 10.2 Å². The average Bonchev–Trinajstić information content (AvgIpc) is 3.15. The molecule has 1 N–H and O–H groups in total. The first-order valence-electron chi connectivity index (χ1n) is 15.4. The van der Waals surface area contributed by atoms with Crippen molar-refractivity contribution in [1.29, 1.82) is 5.26 Å². The molecule has 0 saturated heterocycles. The summed E-state index contributed by atoms with van der Waals surface area (Å²) in [5, 5.41) is 12.1. The molecule has 8 nitrogen and oxygen atoms in total. The number of imidazole rings is 1. The van der Waals surface area contributed by atoms with Gasteiger partial charge in [-0.2, -0.15) is 5.26 Å². The average molecular weight is 570 g/mol. The zero-order valence-electron chi connectivity index (χ0n) is 25.0. The third-order valence-electron chi connectivity index (χ3n) is 8.49. The van der Waals surface area contributed by atoms with E-state index in [0.29, 0.717) is 35.8 Å². The molecule has 0 spiro atoms. The summed E-state index contributed by atoms with van der Waals surface area (Å²) in [7, 11) is 2.08. The molecule has 222 valence electrons. The number of aryl methyl sites for hydroxylation is 1. The quantitative estimate of drug-likeness (QED) is 0.135. The first-order valence-corrected chi connectivity index (χ1v) is 15.4. The van der Waals surface area contributed by atoms with E-state index in [1.165, 1.54) is 12.8 Å². The number of nitrogens with one attached hydrogen (secondary N) is 1. The van der Waals surface area contributed by atoms with Crippen molar-refractivity contribution in [3.05, 3.63) is 59.2 Å². The fourth-order valence-electron chi connectivity index (χ4n) is 5.91. The molecular formula is C34H43N5O3. The van der Waals surface area contributed by atoms with Crippen LogP contribution in [0.5, 0.6) is 0 Å². The zero-order chi connectivity index (χ0) is 29.9. The standard InChI is InChI=1S/C34H43N5O3/c1-25(32(41)27-11-6-3-4-7-12-27)29-17-18-31-30(23-29)36-34(37-33(42)28-15-13-26(24-35)14-16-28)39(31)21-10-20-38(2)19-8-5-9-22-40/h13-18,22-23,25,27H,3-12,19-21H2,1-2H3,(H,36,37,42). The lowest BCUT2D eigenvalue weighted by Crippen LogP contribution is -2.22. The number of carbonyl (C=O) groups is 3. The molecule has 1 aliphatic rings. The lowest BCUT2D eigenvalue weighted by atomic mass is 9.85. The van der Waals surface area contributed by atoms with Crippen LogP contribution in [0.3, 0.4) is 0 Å². The van der Waals surface area contributed by atoms with Crippen molar-refractivity contribution in [3.63, 3.8) is 0 Å². The molecular weight excluding hydrogens is 526 g/mol. The molecule has 8 heteroatoms.